The monoisotopic (exact) mass is 131 g/mol. The van der Waals surface area contributed by atoms with Crippen molar-refractivity contribution in [1.29, 1.82) is 0 Å². The van der Waals surface area contributed by atoms with Gasteiger partial charge in [0.05, 0.1) is 0 Å². The fourth-order valence-corrected chi connectivity index (χ4v) is 1.35. The van der Waals surface area contributed by atoms with Crippen LogP contribution in [0.3, 0.4) is 0 Å². The summed E-state index contributed by atoms with van der Waals surface area (Å²) in [5.41, 5.74) is 5.53. The van der Waals surface area contributed by atoms with E-state index in [2.05, 4.69) is 0 Å². The molecule has 3 atom stereocenters. The van der Waals surface area contributed by atoms with Crippen LogP contribution in [0.1, 0.15) is 6.42 Å². The Morgan fingerprint density at radius 3 is 2.22 bits per heavy atom. The van der Waals surface area contributed by atoms with Crippen LogP contribution in [-0.2, 0) is 0 Å². The number of hydrogen-bond donors (Lipinski definition) is 3. The molecule has 4 N–H and O–H groups in total. The molecule has 1 saturated carbocycles. The summed E-state index contributed by atoms with van der Waals surface area (Å²) in [5, 5.41) is 17.3. The highest BCUT2D eigenvalue weighted by molar-refractivity contribution is 4.90. The fourth-order valence-electron chi connectivity index (χ4n) is 1.35. The molecule has 1 fully saturated rings. The smallest absolute Gasteiger partial charge is 0.0477 e. The van der Waals surface area contributed by atoms with Crippen molar-refractivity contribution >= 4 is 0 Å². The average molecular weight is 131 g/mol. The van der Waals surface area contributed by atoms with Crippen LogP contribution in [0.4, 0.5) is 0 Å². The van der Waals surface area contributed by atoms with Gasteiger partial charge in [-0.2, -0.15) is 0 Å². The molecule has 9 heavy (non-hydrogen) atoms. The summed E-state index contributed by atoms with van der Waals surface area (Å²) in [6, 6.07) is 0.118. The largest absolute Gasteiger partial charge is 0.396 e. The lowest BCUT2D eigenvalue weighted by Crippen LogP contribution is -2.50. The molecule has 0 aliphatic heterocycles. The van der Waals surface area contributed by atoms with Crippen molar-refractivity contribution in [3.8, 4) is 0 Å². The quantitative estimate of drug-likeness (QED) is 0.447. The highest BCUT2D eigenvalue weighted by atomic mass is 16.3. The first-order valence-electron chi connectivity index (χ1n) is 3.27. The summed E-state index contributed by atoms with van der Waals surface area (Å²) in [4.78, 5) is 0. The van der Waals surface area contributed by atoms with E-state index in [1.165, 1.54) is 0 Å². The molecule has 1 aliphatic carbocycles. The van der Waals surface area contributed by atoms with Gasteiger partial charge in [-0.05, 0) is 12.3 Å². The van der Waals surface area contributed by atoms with Gasteiger partial charge in [-0.15, -0.1) is 0 Å². The molecule has 0 spiro atoms. The third kappa shape index (κ3) is 1.08. The second kappa shape index (κ2) is 2.64. The van der Waals surface area contributed by atoms with Crippen molar-refractivity contribution < 1.29 is 10.2 Å². The maximum atomic E-state index is 8.67. The van der Waals surface area contributed by atoms with Gasteiger partial charge in [-0.3, -0.25) is 0 Å². The minimum absolute atomic E-state index is 0.117. The zero-order valence-corrected chi connectivity index (χ0v) is 5.33. The Morgan fingerprint density at radius 2 is 2.00 bits per heavy atom. The first kappa shape index (κ1) is 6.99. The van der Waals surface area contributed by atoms with Crippen molar-refractivity contribution in [2.45, 2.75) is 12.5 Å². The molecule has 0 bridgehead atoms. The minimum atomic E-state index is 0.117. The van der Waals surface area contributed by atoms with E-state index in [-0.39, 0.29) is 31.1 Å². The molecule has 0 aromatic rings. The highest BCUT2D eigenvalue weighted by Crippen LogP contribution is 2.31. The zero-order chi connectivity index (χ0) is 6.85. The van der Waals surface area contributed by atoms with E-state index in [1.807, 2.05) is 0 Å². The van der Waals surface area contributed by atoms with Crippen LogP contribution in [0, 0.1) is 11.8 Å². The number of nitrogens with two attached hydrogens (primary N) is 1. The standard InChI is InChI=1S/C6H13NO2/c7-6-1-4(2-8)5(6)3-9/h4-6,8-9H,1-3,7H2/t4-,5+,6-/m1/s1. The number of aliphatic hydroxyl groups excluding tert-OH is 2. The van der Waals surface area contributed by atoms with E-state index in [9.17, 15) is 0 Å². The highest BCUT2D eigenvalue weighted by Gasteiger charge is 2.37. The Morgan fingerprint density at radius 1 is 1.33 bits per heavy atom. The molecular formula is C6H13NO2. The third-order valence-electron chi connectivity index (χ3n) is 2.18. The van der Waals surface area contributed by atoms with Crippen LogP contribution in [0.25, 0.3) is 0 Å². The van der Waals surface area contributed by atoms with E-state index in [4.69, 9.17) is 15.9 Å². The molecule has 1 aliphatic rings. The number of aliphatic hydroxyl groups is 2. The lowest BCUT2D eigenvalue weighted by molar-refractivity contribution is 0.0253. The van der Waals surface area contributed by atoms with Gasteiger partial charge in [0.1, 0.15) is 0 Å². The summed E-state index contributed by atoms with van der Waals surface area (Å²) in [7, 11) is 0. The Labute approximate surface area is 54.5 Å². The van der Waals surface area contributed by atoms with E-state index in [0.29, 0.717) is 0 Å². The first-order chi connectivity index (χ1) is 4.29. The van der Waals surface area contributed by atoms with Gasteiger partial charge in [-0.25, -0.2) is 0 Å². The molecule has 1 rings (SSSR count). The van der Waals surface area contributed by atoms with Crippen molar-refractivity contribution in [3.05, 3.63) is 0 Å². The van der Waals surface area contributed by atoms with Crippen LogP contribution in [0.5, 0.6) is 0 Å². The first-order valence-corrected chi connectivity index (χ1v) is 3.27. The Bertz CT molecular complexity index is 97.1. The maximum Gasteiger partial charge on any atom is 0.0477 e. The van der Waals surface area contributed by atoms with E-state index >= 15 is 0 Å². The minimum Gasteiger partial charge on any atom is -0.396 e. The predicted octanol–water partition coefficient (Wildman–Crippen LogP) is -1.07. The van der Waals surface area contributed by atoms with Gasteiger partial charge in [0.2, 0.25) is 0 Å². The van der Waals surface area contributed by atoms with Crippen molar-refractivity contribution in [1.82, 2.24) is 0 Å². The van der Waals surface area contributed by atoms with Gasteiger partial charge in [0, 0.05) is 25.2 Å². The molecule has 0 unspecified atom stereocenters. The average Bonchev–Trinajstić information content (AvgIpc) is 1.83. The van der Waals surface area contributed by atoms with Crippen LogP contribution < -0.4 is 5.73 Å². The molecule has 0 saturated heterocycles. The molecule has 54 valence electrons. The second-order valence-corrected chi connectivity index (χ2v) is 2.69. The predicted molar refractivity (Wildman–Crippen MR) is 33.7 cm³/mol. The summed E-state index contributed by atoms with van der Waals surface area (Å²) >= 11 is 0. The molecule has 0 amide bonds. The Balaban J connectivity index is 2.29. The maximum absolute atomic E-state index is 8.67. The second-order valence-electron chi connectivity index (χ2n) is 2.69. The normalized spacial score (nSPS) is 42.3. The summed E-state index contributed by atoms with van der Waals surface area (Å²) in [6.07, 6.45) is 0.863. The van der Waals surface area contributed by atoms with Gasteiger partial charge >= 0.3 is 0 Å². The zero-order valence-electron chi connectivity index (χ0n) is 5.33. The van der Waals surface area contributed by atoms with Crippen molar-refractivity contribution in [2.75, 3.05) is 13.2 Å². The lowest BCUT2D eigenvalue weighted by atomic mass is 9.70. The van der Waals surface area contributed by atoms with E-state index < -0.39 is 0 Å². The summed E-state index contributed by atoms with van der Waals surface area (Å²) in [5.74, 6) is 0.403. The van der Waals surface area contributed by atoms with Crippen molar-refractivity contribution in [2.24, 2.45) is 17.6 Å². The summed E-state index contributed by atoms with van der Waals surface area (Å²) < 4.78 is 0. The van der Waals surface area contributed by atoms with Crippen LogP contribution >= 0.6 is 0 Å². The van der Waals surface area contributed by atoms with Gasteiger partial charge in [0.25, 0.3) is 0 Å². The third-order valence-corrected chi connectivity index (χ3v) is 2.18. The molecule has 3 heteroatoms. The van der Waals surface area contributed by atoms with E-state index in [1.54, 1.807) is 0 Å². The lowest BCUT2D eigenvalue weighted by Gasteiger charge is -2.40. The van der Waals surface area contributed by atoms with Crippen molar-refractivity contribution in [3.63, 3.8) is 0 Å². The van der Waals surface area contributed by atoms with Crippen LogP contribution in [0.2, 0.25) is 0 Å². The van der Waals surface area contributed by atoms with Crippen LogP contribution in [-0.4, -0.2) is 29.5 Å². The SMILES string of the molecule is N[C@@H]1C[C@H](CO)[C@@H]1CO. The van der Waals surface area contributed by atoms with Gasteiger partial charge in [-0.1, -0.05) is 0 Å². The van der Waals surface area contributed by atoms with Gasteiger partial charge < -0.3 is 15.9 Å². The fraction of sp³-hybridized carbons (Fsp3) is 1.00. The Hall–Kier alpha value is -0.120. The molecule has 0 heterocycles. The topological polar surface area (TPSA) is 66.5 Å². The summed E-state index contributed by atoms with van der Waals surface area (Å²) in [6.45, 7) is 0.283. The van der Waals surface area contributed by atoms with Crippen LogP contribution in [0.15, 0.2) is 0 Å². The molecule has 0 aromatic heterocycles. The molecule has 0 aromatic carbocycles. The molecule has 0 radical (unpaired) electrons. The number of hydrogen-bond acceptors (Lipinski definition) is 3. The Kier molecular flexibility index (Phi) is 2.05. The number of rotatable bonds is 2. The van der Waals surface area contributed by atoms with E-state index in [0.717, 1.165) is 6.42 Å². The molecule has 3 nitrogen and oxygen atoms in total. The van der Waals surface area contributed by atoms with Gasteiger partial charge in [0.15, 0.2) is 0 Å². The molecular weight excluding hydrogens is 118 g/mol.